The summed E-state index contributed by atoms with van der Waals surface area (Å²) in [5.74, 6) is 0. The maximum absolute atomic E-state index is 2.00. The molecular weight excluding hydrogens is 246 g/mol. The van der Waals surface area contributed by atoms with Crippen LogP contribution in [0, 0.1) is 0 Å². The fourth-order valence-electron chi connectivity index (χ4n) is 0. The molecule has 0 rings (SSSR count). The topological polar surface area (TPSA) is 0 Å². The zero-order valence-corrected chi connectivity index (χ0v) is 6.78. The first-order valence-electron chi connectivity index (χ1n) is 1.00. The Morgan fingerprint density at radius 1 is 0.500 bits per heavy atom. The van der Waals surface area contributed by atoms with Crippen molar-refractivity contribution in [2.75, 3.05) is 0 Å². The smallest absolute Gasteiger partial charge is 0.0683 e. The van der Waals surface area contributed by atoms with E-state index in [1.807, 2.05) is 13.8 Å². The molecule has 0 aliphatic carbocycles. The average Bonchev–Trinajstić information content (AvgIpc) is 1.00. The van der Waals surface area contributed by atoms with Crippen molar-refractivity contribution in [2.24, 2.45) is 0 Å². The molecule has 0 bridgehead atoms. The predicted octanol–water partition coefficient (Wildman–Crippen LogP) is 2.41. The van der Waals surface area contributed by atoms with E-state index in [1.54, 1.807) is 0 Å². The maximum atomic E-state index is 2.00. The third-order valence-electron chi connectivity index (χ3n) is 0. The SMILES string of the molecule is CC.F.F.F.F.F.I. The van der Waals surface area contributed by atoms with E-state index in [-0.39, 0.29) is 47.5 Å². The van der Waals surface area contributed by atoms with Crippen LogP contribution in [0.15, 0.2) is 0 Å². The van der Waals surface area contributed by atoms with Gasteiger partial charge in [-0.25, -0.2) is 0 Å². The van der Waals surface area contributed by atoms with Crippen molar-refractivity contribution >= 4 is 24.0 Å². The van der Waals surface area contributed by atoms with Crippen LogP contribution in [0.2, 0.25) is 0 Å². The molecule has 0 radical (unpaired) electrons. The van der Waals surface area contributed by atoms with E-state index < -0.39 is 0 Å². The van der Waals surface area contributed by atoms with Crippen molar-refractivity contribution in [3.8, 4) is 0 Å². The zero-order valence-electron chi connectivity index (χ0n) is 4.45. The molecule has 0 unspecified atom stereocenters. The molecule has 0 saturated carbocycles. The number of hydrogen-bond acceptors (Lipinski definition) is 0. The molecule has 8 heavy (non-hydrogen) atoms. The standard InChI is InChI=1S/C2H6.5FH.HI/c1-2;;;;;;/h1-2H3;6*1H. The quantitative estimate of drug-likeness (QED) is 0.462. The summed E-state index contributed by atoms with van der Waals surface area (Å²) >= 11 is 0. The van der Waals surface area contributed by atoms with Gasteiger partial charge in [0.1, 0.15) is 0 Å². The Labute approximate surface area is 61.9 Å². The molecule has 0 nitrogen and oxygen atoms in total. The van der Waals surface area contributed by atoms with Crippen molar-refractivity contribution < 1.29 is 23.5 Å². The van der Waals surface area contributed by atoms with Crippen LogP contribution in [0.25, 0.3) is 0 Å². The van der Waals surface area contributed by atoms with E-state index in [0.29, 0.717) is 0 Å². The molecule has 0 amide bonds. The van der Waals surface area contributed by atoms with Gasteiger partial charge < -0.3 is 0 Å². The minimum Gasteiger partial charge on any atom is -0.269 e. The Kier molecular flexibility index (Phi) is 62300. The summed E-state index contributed by atoms with van der Waals surface area (Å²) in [7, 11) is 0. The minimum absolute atomic E-state index is 0. The Hall–Kier alpha value is 0.380. The third-order valence-corrected chi connectivity index (χ3v) is 0. The summed E-state index contributed by atoms with van der Waals surface area (Å²) in [5, 5.41) is 0. The van der Waals surface area contributed by atoms with Gasteiger partial charge >= 0.3 is 0 Å². The summed E-state index contributed by atoms with van der Waals surface area (Å²) in [6.45, 7) is 4.00. The number of rotatable bonds is 0. The molecule has 0 aliphatic rings. The van der Waals surface area contributed by atoms with E-state index in [0.717, 1.165) is 0 Å². The number of hydrogen-bond donors (Lipinski definition) is 0. The van der Waals surface area contributed by atoms with E-state index in [1.165, 1.54) is 0 Å². The lowest BCUT2D eigenvalue weighted by atomic mass is 11.0. The van der Waals surface area contributed by atoms with Crippen LogP contribution in [0.1, 0.15) is 13.8 Å². The van der Waals surface area contributed by atoms with E-state index in [4.69, 9.17) is 0 Å². The molecule has 0 spiro atoms. The van der Waals surface area contributed by atoms with Crippen LogP contribution in [0.4, 0.5) is 23.5 Å². The van der Waals surface area contributed by atoms with Crippen LogP contribution in [0.5, 0.6) is 0 Å². The van der Waals surface area contributed by atoms with Crippen molar-refractivity contribution in [3.05, 3.63) is 0 Å². The van der Waals surface area contributed by atoms with Gasteiger partial charge in [0.05, 0.1) is 0 Å². The van der Waals surface area contributed by atoms with Gasteiger partial charge in [-0.15, -0.1) is 24.0 Å². The normalized spacial score (nSPS) is 0.750. The average molecular weight is 258 g/mol. The highest BCUT2D eigenvalue weighted by atomic mass is 127. The van der Waals surface area contributed by atoms with Crippen LogP contribution >= 0.6 is 24.0 Å². The molecule has 0 aromatic heterocycles. The van der Waals surface area contributed by atoms with E-state index in [9.17, 15) is 0 Å². The van der Waals surface area contributed by atoms with Gasteiger partial charge in [-0.1, -0.05) is 13.8 Å². The first kappa shape index (κ1) is 240. The van der Waals surface area contributed by atoms with E-state index >= 15 is 0 Å². The highest BCUT2D eigenvalue weighted by Gasteiger charge is 0.932. The van der Waals surface area contributed by atoms with Gasteiger partial charge in [-0.3, -0.25) is 23.5 Å². The van der Waals surface area contributed by atoms with Gasteiger partial charge in [0, 0.05) is 0 Å². The summed E-state index contributed by atoms with van der Waals surface area (Å²) in [5.41, 5.74) is 0. The molecule has 0 fully saturated rings. The van der Waals surface area contributed by atoms with Gasteiger partial charge in [-0.05, 0) is 0 Å². The first-order chi connectivity index (χ1) is 1.00. The lowest BCUT2D eigenvalue weighted by molar-refractivity contribution is 1.11. The Balaban J connectivity index is -0.000000000333. The minimum atomic E-state index is 0. The zero-order chi connectivity index (χ0) is 2.00. The molecule has 62 valence electrons. The molecule has 6 heteroatoms. The Morgan fingerprint density at radius 2 is 0.500 bits per heavy atom. The van der Waals surface area contributed by atoms with Crippen LogP contribution in [-0.2, 0) is 0 Å². The van der Waals surface area contributed by atoms with Gasteiger partial charge in [0.15, 0.2) is 0 Å². The second-order valence-corrected chi connectivity index (χ2v) is 0. The highest BCUT2D eigenvalue weighted by Crippen LogP contribution is 1.14. The molecule has 0 N–H and O–H groups in total. The second-order valence-electron chi connectivity index (χ2n) is 0. The second kappa shape index (κ2) is 2080. The predicted molar refractivity (Wildman–Crippen MR) is 39.3 cm³/mol. The summed E-state index contributed by atoms with van der Waals surface area (Å²) in [6, 6.07) is 0. The molecule has 0 saturated heterocycles. The Bertz CT molecular complexity index is 10.4. The van der Waals surface area contributed by atoms with Crippen LogP contribution in [-0.4, -0.2) is 0 Å². The summed E-state index contributed by atoms with van der Waals surface area (Å²) in [6.07, 6.45) is 0. The van der Waals surface area contributed by atoms with Gasteiger partial charge in [-0.2, -0.15) is 0 Å². The molecule has 0 aliphatic heterocycles. The lowest BCUT2D eigenvalue weighted by Gasteiger charge is -1.07. The van der Waals surface area contributed by atoms with Crippen molar-refractivity contribution in [1.82, 2.24) is 0 Å². The molecular formula is C2H12F5I. The van der Waals surface area contributed by atoms with Crippen molar-refractivity contribution in [3.63, 3.8) is 0 Å². The summed E-state index contributed by atoms with van der Waals surface area (Å²) in [4.78, 5) is 0. The van der Waals surface area contributed by atoms with Crippen LogP contribution < -0.4 is 0 Å². The highest BCUT2D eigenvalue weighted by molar-refractivity contribution is 14.0. The monoisotopic (exact) mass is 258 g/mol. The molecule has 0 aromatic rings. The lowest BCUT2D eigenvalue weighted by Crippen LogP contribution is -0.856. The summed E-state index contributed by atoms with van der Waals surface area (Å²) < 4.78 is 0. The largest absolute Gasteiger partial charge is 0.269 e. The van der Waals surface area contributed by atoms with Gasteiger partial charge in [0.2, 0.25) is 0 Å². The van der Waals surface area contributed by atoms with Gasteiger partial charge in [0.25, 0.3) is 0 Å². The fourth-order valence-corrected chi connectivity index (χ4v) is 0. The van der Waals surface area contributed by atoms with Crippen molar-refractivity contribution in [1.29, 1.82) is 0 Å². The Morgan fingerprint density at radius 3 is 0.500 bits per heavy atom. The molecule has 0 heterocycles. The fraction of sp³-hybridized carbons (Fsp3) is 1.00. The molecule has 0 aromatic carbocycles. The van der Waals surface area contributed by atoms with Crippen molar-refractivity contribution in [2.45, 2.75) is 13.8 Å². The maximum Gasteiger partial charge on any atom is -0.0683 e. The third kappa shape index (κ3) is 1280. The van der Waals surface area contributed by atoms with Crippen LogP contribution in [0.3, 0.4) is 0 Å². The van der Waals surface area contributed by atoms with E-state index in [2.05, 4.69) is 0 Å². The number of halogens is 6. The molecule has 0 atom stereocenters. The first-order valence-corrected chi connectivity index (χ1v) is 1.00.